The highest BCUT2D eigenvalue weighted by Gasteiger charge is 2.18. The summed E-state index contributed by atoms with van der Waals surface area (Å²) in [5.41, 5.74) is 9.26. The Morgan fingerprint density at radius 3 is 2.67 bits per heavy atom. The highest BCUT2D eigenvalue weighted by molar-refractivity contribution is 6.18. The summed E-state index contributed by atoms with van der Waals surface area (Å²) < 4.78 is 2.05. The Labute approximate surface area is 123 Å². The van der Waals surface area contributed by atoms with Gasteiger partial charge in [0.15, 0.2) is 5.78 Å². The Kier molecular flexibility index (Phi) is 3.44. The van der Waals surface area contributed by atoms with Crippen LogP contribution in [0.3, 0.4) is 0 Å². The van der Waals surface area contributed by atoms with Crippen LogP contribution in [-0.4, -0.2) is 15.3 Å². The summed E-state index contributed by atoms with van der Waals surface area (Å²) >= 11 is 0. The molecule has 0 radical (unpaired) electrons. The van der Waals surface area contributed by atoms with Crippen molar-refractivity contribution in [2.75, 3.05) is 5.73 Å². The molecule has 0 atom stereocenters. The fraction of sp³-hybridized carbons (Fsp3) is 0.176. The zero-order valence-corrected chi connectivity index (χ0v) is 11.9. The molecular formula is C17H17N3O. The number of carbonyl (C=O) groups is 1. The van der Waals surface area contributed by atoms with E-state index in [2.05, 4.69) is 16.5 Å². The topological polar surface area (TPSA) is 60.9 Å². The largest absolute Gasteiger partial charge is 0.398 e. The molecule has 4 heteroatoms. The number of fused-ring (bicyclic) bond motifs is 1. The van der Waals surface area contributed by atoms with E-state index in [-0.39, 0.29) is 5.78 Å². The number of nitrogens with zero attached hydrogens (tertiary/aromatic N) is 2. The smallest absolute Gasteiger partial charge is 0.197 e. The summed E-state index contributed by atoms with van der Waals surface area (Å²) in [6.07, 6.45) is 2.78. The number of aryl methyl sites for hydroxylation is 1. The van der Waals surface area contributed by atoms with Gasteiger partial charge in [-0.15, -0.1) is 0 Å². The summed E-state index contributed by atoms with van der Waals surface area (Å²) in [5, 5.41) is 0. The zero-order valence-electron chi connectivity index (χ0n) is 11.9. The zero-order chi connectivity index (χ0) is 14.8. The van der Waals surface area contributed by atoms with Gasteiger partial charge in [0.05, 0.1) is 17.4 Å². The minimum absolute atomic E-state index is 0.0829. The maximum absolute atomic E-state index is 12.7. The van der Waals surface area contributed by atoms with Crippen LogP contribution in [0.1, 0.15) is 29.3 Å². The van der Waals surface area contributed by atoms with E-state index in [1.54, 1.807) is 24.5 Å². The van der Waals surface area contributed by atoms with E-state index < -0.39 is 0 Å². The van der Waals surface area contributed by atoms with Gasteiger partial charge in [-0.05, 0) is 18.6 Å². The van der Waals surface area contributed by atoms with Crippen LogP contribution < -0.4 is 5.73 Å². The van der Waals surface area contributed by atoms with Crippen LogP contribution in [0.5, 0.6) is 0 Å². The van der Waals surface area contributed by atoms with Crippen LogP contribution in [0.25, 0.3) is 11.0 Å². The van der Waals surface area contributed by atoms with Gasteiger partial charge in [-0.2, -0.15) is 0 Å². The van der Waals surface area contributed by atoms with Crippen LogP contribution in [0, 0.1) is 0 Å². The summed E-state index contributed by atoms with van der Waals surface area (Å²) in [6, 6.07) is 12.9. The first kappa shape index (κ1) is 13.4. The molecule has 0 saturated carbocycles. The van der Waals surface area contributed by atoms with Gasteiger partial charge >= 0.3 is 0 Å². The fourth-order valence-electron chi connectivity index (χ4n) is 2.54. The van der Waals surface area contributed by atoms with E-state index in [1.165, 1.54) is 0 Å². The molecule has 0 amide bonds. The number of benzene rings is 2. The number of ketones is 1. The van der Waals surface area contributed by atoms with Crippen LogP contribution in [0.15, 0.2) is 48.8 Å². The number of imidazole rings is 1. The maximum Gasteiger partial charge on any atom is 0.197 e. The molecule has 2 N–H and O–H groups in total. The highest BCUT2D eigenvalue weighted by Crippen LogP contribution is 2.26. The van der Waals surface area contributed by atoms with E-state index in [1.807, 2.05) is 24.3 Å². The molecule has 0 saturated heterocycles. The number of nitrogen functional groups attached to an aromatic ring is 1. The minimum Gasteiger partial charge on any atom is -0.398 e. The highest BCUT2D eigenvalue weighted by atomic mass is 16.1. The maximum atomic E-state index is 12.7. The lowest BCUT2D eigenvalue weighted by Crippen LogP contribution is -2.06. The number of hydrogen-bond acceptors (Lipinski definition) is 3. The SMILES string of the molecule is CCCn1cnc2c(C(=O)c3ccccc3)c(N)ccc21. The van der Waals surface area contributed by atoms with Crippen LogP contribution in [0.2, 0.25) is 0 Å². The van der Waals surface area contributed by atoms with Gasteiger partial charge in [0.1, 0.15) is 5.52 Å². The molecule has 0 spiro atoms. The van der Waals surface area contributed by atoms with Crippen LogP contribution in [-0.2, 0) is 6.54 Å². The van der Waals surface area contributed by atoms with Crippen molar-refractivity contribution in [3.05, 3.63) is 59.9 Å². The third-order valence-electron chi connectivity index (χ3n) is 3.55. The molecule has 0 bridgehead atoms. The second kappa shape index (κ2) is 5.40. The predicted molar refractivity (Wildman–Crippen MR) is 84.3 cm³/mol. The molecule has 1 aromatic heterocycles. The third kappa shape index (κ3) is 2.29. The van der Waals surface area contributed by atoms with E-state index in [0.717, 1.165) is 18.5 Å². The molecule has 106 valence electrons. The Hall–Kier alpha value is -2.62. The molecule has 4 nitrogen and oxygen atoms in total. The molecule has 3 rings (SSSR count). The summed E-state index contributed by atoms with van der Waals surface area (Å²) in [6.45, 7) is 2.98. The van der Waals surface area contributed by atoms with E-state index in [4.69, 9.17) is 5.73 Å². The average Bonchev–Trinajstić information content (AvgIpc) is 2.91. The number of anilines is 1. The molecule has 0 aliphatic heterocycles. The van der Waals surface area contributed by atoms with Crippen molar-refractivity contribution in [2.45, 2.75) is 19.9 Å². The molecule has 0 unspecified atom stereocenters. The number of carbonyl (C=O) groups excluding carboxylic acids is 1. The first-order valence-electron chi connectivity index (χ1n) is 7.05. The number of nitrogens with two attached hydrogens (primary N) is 1. The Morgan fingerprint density at radius 1 is 1.19 bits per heavy atom. The van der Waals surface area contributed by atoms with Gasteiger partial charge in [0.25, 0.3) is 0 Å². The van der Waals surface area contributed by atoms with E-state index in [9.17, 15) is 4.79 Å². The van der Waals surface area contributed by atoms with Crippen molar-refractivity contribution < 1.29 is 4.79 Å². The van der Waals surface area contributed by atoms with Crippen molar-refractivity contribution in [3.8, 4) is 0 Å². The minimum atomic E-state index is -0.0829. The van der Waals surface area contributed by atoms with Crippen LogP contribution >= 0.6 is 0 Å². The van der Waals surface area contributed by atoms with Crippen molar-refractivity contribution in [3.63, 3.8) is 0 Å². The lowest BCUT2D eigenvalue weighted by molar-refractivity contribution is 0.104. The molecule has 2 aromatic carbocycles. The first-order chi connectivity index (χ1) is 10.2. The van der Waals surface area contributed by atoms with Gasteiger partial charge < -0.3 is 10.3 Å². The molecule has 0 fully saturated rings. The Balaban J connectivity index is 2.18. The van der Waals surface area contributed by atoms with Gasteiger partial charge in [0, 0.05) is 17.8 Å². The number of hydrogen-bond donors (Lipinski definition) is 1. The average molecular weight is 279 g/mol. The van der Waals surface area contributed by atoms with Crippen molar-refractivity contribution in [2.24, 2.45) is 0 Å². The summed E-state index contributed by atoms with van der Waals surface area (Å²) in [4.78, 5) is 17.1. The second-order valence-corrected chi connectivity index (χ2v) is 5.03. The van der Waals surface area contributed by atoms with Crippen molar-refractivity contribution in [1.82, 2.24) is 9.55 Å². The van der Waals surface area contributed by atoms with Gasteiger partial charge in [-0.1, -0.05) is 37.3 Å². The van der Waals surface area contributed by atoms with Gasteiger partial charge in [-0.25, -0.2) is 4.98 Å². The monoisotopic (exact) mass is 279 g/mol. The Morgan fingerprint density at radius 2 is 1.95 bits per heavy atom. The predicted octanol–water partition coefficient (Wildman–Crippen LogP) is 3.26. The van der Waals surface area contributed by atoms with Gasteiger partial charge in [0.2, 0.25) is 0 Å². The van der Waals surface area contributed by atoms with Crippen LogP contribution in [0.4, 0.5) is 5.69 Å². The molecule has 21 heavy (non-hydrogen) atoms. The van der Waals surface area contributed by atoms with Gasteiger partial charge in [-0.3, -0.25) is 4.79 Å². The van der Waals surface area contributed by atoms with E-state index >= 15 is 0 Å². The molecule has 1 heterocycles. The lowest BCUT2D eigenvalue weighted by atomic mass is 10.0. The summed E-state index contributed by atoms with van der Waals surface area (Å²) in [7, 11) is 0. The van der Waals surface area contributed by atoms with Crippen molar-refractivity contribution >= 4 is 22.5 Å². The Bertz CT molecular complexity index is 790. The van der Waals surface area contributed by atoms with Crippen molar-refractivity contribution in [1.29, 1.82) is 0 Å². The normalized spacial score (nSPS) is 10.9. The second-order valence-electron chi connectivity index (χ2n) is 5.03. The standard InChI is InChI=1S/C17H17N3O/c1-2-10-20-11-19-16-14(20)9-8-13(18)15(16)17(21)12-6-4-3-5-7-12/h3-9,11H,2,10,18H2,1H3. The number of aromatic nitrogens is 2. The third-order valence-corrected chi connectivity index (χ3v) is 3.55. The number of rotatable bonds is 4. The summed E-state index contributed by atoms with van der Waals surface area (Å²) in [5.74, 6) is -0.0829. The molecular weight excluding hydrogens is 262 g/mol. The quantitative estimate of drug-likeness (QED) is 0.589. The van der Waals surface area contributed by atoms with E-state index in [0.29, 0.717) is 22.3 Å². The molecule has 0 aliphatic rings. The molecule has 3 aromatic rings. The fourth-order valence-corrected chi connectivity index (χ4v) is 2.54. The lowest BCUT2D eigenvalue weighted by Gasteiger charge is -2.07. The first-order valence-corrected chi connectivity index (χ1v) is 7.05. The molecule has 0 aliphatic carbocycles.